The Morgan fingerprint density at radius 2 is 1.85 bits per heavy atom. The number of aromatic nitrogens is 1. The van der Waals surface area contributed by atoms with Gasteiger partial charge >= 0.3 is 5.97 Å². The summed E-state index contributed by atoms with van der Waals surface area (Å²) in [6.45, 7) is 5.79. The van der Waals surface area contributed by atoms with Gasteiger partial charge in [0.15, 0.2) is 0 Å². The van der Waals surface area contributed by atoms with Crippen LogP contribution in [0.2, 0.25) is 0 Å². The Kier molecular flexibility index (Phi) is 4.80. The van der Waals surface area contributed by atoms with Gasteiger partial charge in [-0.15, -0.1) is 0 Å². The number of para-hydroxylation sites is 1. The number of anilines is 1. The van der Waals surface area contributed by atoms with E-state index in [4.69, 9.17) is 4.74 Å². The summed E-state index contributed by atoms with van der Waals surface area (Å²) < 4.78 is 6.67. The van der Waals surface area contributed by atoms with E-state index in [1.165, 1.54) is 7.11 Å². The van der Waals surface area contributed by atoms with Gasteiger partial charge in [0.05, 0.1) is 12.7 Å². The molecule has 1 atom stereocenters. The molecule has 2 aromatic carbocycles. The topological polar surface area (TPSA) is 60.3 Å². The summed E-state index contributed by atoms with van der Waals surface area (Å²) >= 11 is 0. The van der Waals surface area contributed by atoms with E-state index in [0.717, 1.165) is 27.7 Å². The Labute approximate surface area is 152 Å². The highest BCUT2D eigenvalue weighted by atomic mass is 16.5. The van der Waals surface area contributed by atoms with Crippen LogP contribution in [0.25, 0.3) is 10.9 Å². The molecule has 0 aliphatic carbocycles. The summed E-state index contributed by atoms with van der Waals surface area (Å²) in [6.07, 6.45) is 1.68. The second-order valence-electron chi connectivity index (χ2n) is 6.44. The highest BCUT2D eigenvalue weighted by Crippen LogP contribution is 2.26. The molecule has 0 aliphatic rings. The number of esters is 1. The van der Waals surface area contributed by atoms with Crippen LogP contribution in [0.1, 0.15) is 34.5 Å². The number of nitrogens with one attached hydrogen (secondary N) is 1. The predicted octanol–water partition coefficient (Wildman–Crippen LogP) is 4.24. The van der Waals surface area contributed by atoms with Crippen molar-refractivity contribution in [1.82, 2.24) is 4.57 Å². The third-order valence-corrected chi connectivity index (χ3v) is 4.58. The van der Waals surface area contributed by atoms with Gasteiger partial charge in [0.25, 0.3) is 0 Å². The molecule has 0 aliphatic heterocycles. The summed E-state index contributed by atoms with van der Waals surface area (Å²) in [5, 5.41) is 3.75. The van der Waals surface area contributed by atoms with E-state index in [2.05, 4.69) is 5.32 Å². The Bertz CT molecular complexity index is 988. The van der Waals surface area contributed by atoms with Crippen molar-refractivity contribution in [3.8, 4) is 0 Å². The van der Waals surface area contributed by atoms with Gasteiger partial charge in [-0.2, -0.15) is 0 Å². The summed E-state index contributed by atoms with van der Waals surface area (Å²) in [4.78, 5) is 24.9. The maximum Gasteiger partial charge on any atom is 0.340 e. The lowest BCUT2D eigenvalue weighted by atomic mass is 10.1. The fourth-order valence-corrected chi connectivity index (χ4v) is 3.12. The standard InChI is InChI=1S/C21H22N2O3/c1-13-9-10-18(14(2)11-13)22-20(24)15(3)23-12-17(21(25)26-4)16-7-5-6-8-19(16)23/h5-12,15H,1-4H3,(H,22,24)/t15-/m0/s1. The molecule has 0 bridgehead atoms. The van der Waals surface area contributed by atoms with Crippen LogP contribution in [0.4, 0.5) is 5.69 Å². The molecular weight excluding hydrogens is 328 g/mol. The molecule has 0 saturated heterocycles. The fourth-order valence-electron chi connectivity index (χ4n) is 3.12. The van der Waals surface area contributed by atoms with Crippen LogP contribution in [0, 0.1) is 13.8 Å². The zero-order chi connectivity index (χ0) is 18.8. The van der Waals surface area contributed by atoms with E-state index in [1.54, 1.807) is 10.8 Å². The van der Waals surface area contributed by atoms with Crippen LogP contribution >= 0.6 is 0 Å². The summed E-state index contributed by atoms with van der Waals surface area (Å²) in [6, 6.07) is 12.9. The van der Waals surface area contributed by atoms with E-state index in [9.17, 15) is 9.59 Å². The van der Waals surface area contributed by atoms with Crippen LogP contribution in [-0.4, -0.2) is 23.6 Å². The number of aryl methyl sites for hydroxylation is 2. The molecule has 134 valence electrons. The molecule has 1 heterocycles. The molecule has 3 rings (SSSR count). The Hall–Kier alpha value is -3.08. The van der Waals surface area contributed by atoms with Crippen LogP contribution in [0.15, 0.2) is 48.7 Å². The molecule has 26 heavy (non-hydrogen) atoms. The lowest BCUT2D eigenvalue weighted by Crippen LogP contribution is -2.23. The average Bonchev–Trinajstić information content (AvgIpc) is 3.02. The van der Waals surface area contributed by atoms with Crippen LogP contribution in [-0.2, 0) is 9.53 Å². The molecule has 5 nitrogen and oxygen atoms in total. The van der Waals surface area contributed by atoms with Gasteiger partial charge < -0.3 is 14.6 Å². The molecular formula is C21H22N2O3. The van der Waals surface area contributed by atoms with Gasteiger partial charge in [-0.05, 0) is 38.5 Å². The maximum atomic E-state index is 12.8. The first kappa shape index (κ1) is 17.7. The van der Waals surface area contributed by atoms with Gasteiger partial charge in [0.1, 0.15) is 6.04 Å². The highest BCUT2D eigenvalue weighted by molar-refractivity contribution is 6.05. The van der Waals surface area contributed by atoms with Gasteiger partial charge in [0.2, 0.25) is 5.91 Å². The van der Waals surface area contributed by atoms with Crippen LogP contribution in [0.3, 0.4) is 0 Å². The minimum absolute atomic E-state index is 0.144. The van der Waals surface area contributed by atoms with E-state index < -0.39 is 12.0 Å². The number of carbonyl (C=O) groups is 2. The number of methoxy groups -OCH3 is 1. The Balaban J connectivity index is 1.95. The molecule has 1 N–H and O–H groups in total. The predicted molar refractivity (Wildman–Crippen MR) is 103 cm³/mol. The van der Waals surface area contributed by atoms with Gasteiger partial charge in [-0.3, -0.25) is 4.79 Å². The second kappa shape index (κ2) is 7.04. The molecule has 0 saturated carbocycles. The zero-order valence-electron chi connectivity index (χ0n) is 15.4. The number of nitrogens with zero attached hydrogens (tertiary/aromatic N) is 1. The van der Waals surface area contributed by atoms with Crippen LogP contribution < -0.4 is 5.32 Å². The number of benzene rings is 2. The van der Waals surface area contributed by atoms with Crippen molar-refractivity contribution in [2.75, 3.05) is 12.4 Å². The quantitative estimate of drug-likeness (QED) is 0.716. The first-order valence-corrected chi connectivity index (χ1v) is 8.48. The molecule has 0 fully saturated rings. The minimum atomic E-state index is -0.487. The molecule has 3 aromatic rings. The molecule has 0 spiro atoms. The molecule has 5 heteroatoms. The number of rotatable bonds is 4. The third-order valence-electron chi connectivity index (χ3n) is 4.58. The Morgan fingerprint density at radius 3 is 2.54 bits per heavy atom. The molecule has 1 aromatic heterocycles. The van der Waals surface area contributed by atoms with Crippen molar-refractivity contribution in [1.29, 1.82) is 0 Å². The molecule has 0 radical (unpaired) electrons. The van der Waals surface area contributed by atoms with Gasteiger partial charge in [-0.1, -0.05) is 35.9 Å². The number of ether oxygens (including phenoxy) is 1. The van der Waals surface area contributed by atoms with Crippen molar-refractivity contribution in [3.05, 3.63) is 65.4 Å². The number of amides is 1. The largest absolute Gasteiger partial charge is 0.465 e. The minimum Gasteiger partial charge on any atom is -0.465 e. The van der Waals surface area contributed by atoms with E-state index in [1.807, 2.05) is 63.2 Å². The summed E-state index contributed by atoms with van der Waals surface area (Å²) in [5.74, 6) is -0.559. The lowest BCUT2D eigenvalue weighted by Gasteiger charge is -2.16. The lowest BCUT2D eigenvalue weighted by molar-refractivity contribution is -0.118. The van der Waals surface area contributed by atoms with E-state index >= 15 is 0 Å². The van der Waals surface area contributed by atoms with Crippen molar-refractivity contribution in [3.63, 3.8) is 0 Å². The zero-order valence-corrected chi connectivity index (χ0v) is 15.4. The van der Waals surface area contributed by atoms with E-state index in [-0.39, 0.29) is 5.91 Å². The smallest absolute Gasteiger partial charge is 0.340 e. The average molecular weight is 350 g/mol. The highest BCUT2D eigenvalue weighted by Gasteiger charge is 2.22. The van der Waals surface area contributed by atoms with Crippen LogP contribution in [0.5, 0.6) is 0 Å². The molecule has 1 amide bonds. The number of hydrogen-bond donors (Lipinski definition) is 1. The number of hydrogen-bond acceptors (Lipinski definition) is 3. The molecule has 0 unspecified atom stereocenters. The number of fused-ring (bicyclic) bond motifs is 1. The Morgan fingerprint density at radius 1 is 1.12 bits per heavy atom. The summed E-state index contributed by atoms with van der Waals surface area (Å²) in [7, 11) is 1.35. The van der Waals surface area contributed by atoms with Crippen molar-refractivity contribution < 1.29 is 14.3 Å². The SMILES string of the molecule is COC(=O)c1cn([C@@H](C)C(=O)Nc2ccc(C)cc2C)c2ccccc12. The first-order chi connectivity index (χ1) is 12.4. The van der Waals surface area contributed by atoms with E-state index in [0.29, 0.717) is 5.56 Å². The monoisotopic (exact) mass is 350 g/mol. The maximum absolute atomic E-state index is 12.8. The van der Waals surface area contributed by atoms with Crippen molar-refractivity contribution in [2.45, 2.75) is 26.8 Å². The van der Waals surface area contributed by atoms with Crippen molar-refractivity contribution in [2.24, 2.45) is 0 Å². The summed E-state index contributed by atoms with van der Waals surface area (Å²) in [5.41, 5.74) is 4.22. The fraction of sp³-hybridized carbons (Fsp3) is 0.238. The van der Waals surface area contributed by atoms with Gasteiger partial charge in [-0.25, -0.2) is 4.79 Å². The van der Waals surface area contributed by atoms with Gasteiger partial charge in [0, 0.05) is 22.8 Å². The second-order valence-corrected chi connectivity index (χ2v) is 6.44. The van der Waals surface area contributed by atoms with Crippen molar-refractivity contribution >= 4 is 28.5 Å². The first-order valence-electron chi connectivity index (χ1n) is 8.48. The number of carbonyl (C=O) groups excluding carboxylic acids is 2. The normalized spacial score (nSPS) is 12.0. The third kappa shape index (κ3) is 3.20.